The lowest BCUT2D eigenvalue weighted by molar-refractivity contribution is 0.0742. The van der Waals surface area contributed by atoms with Gasteiger partial charge in [0.1, 0.15) is 0 Å². The van der Waals surface area contributed by atoms with Gasteiger partial charge in [-0.05, 0) is 25.7 Å². The number of pyridine rings is 1. The summed E-state index contributed by atoms with van der Waals surface area (Å²) < 4.78 is 0. The Bertz CT molecular complexity index is 423. The predicted molar refractivity (Wildman–Crippen MR) is 77.9 cm³/mol. The summed E-state index contributed by atoms with van der Waals surface area (Å²) in [6, 6.07) is 1.95. The van der Waals surface area contributed by atoms with Gasteiger partial charge in [-0.1, -0.05) is 6.92 Å². The zero-order chi connectivity index (χ0) is 13.7. The molecule has 0 aliphatic rings. The number of nitrogens with two attached hydrogens (primary N) is 1. The van der Waals surface area contributed by atoms with E-state index in [-0.39, 0.29) is 11.9 Å². The minimum absolute atomic E-state index is 0.00630. The maximum absolute atomic E-state index is 12.4. The van der Waals surface area contributed by atoms with Gasteiger partial charge in [-0.25, -0.2) is 0 Å². The van der Waals surface area contributed by atoms with Gasteiger partial charge in [0.05, 0.1) is 23.1 Å². The fraction of sp³-hybridized carbons (Fsp3) is 0.538. The lowest BCUT2D eigenvalue weighted by Crippen LogP contribution is -2.38. The standard InChI is InChI=1S/C13H21N3OS/c1-5-11(8-18-4)16(3)13(17)12-6-10(14)7-15-9(12)2/h6-7,11H,5,8,14H2,1-4H3. The van der Waals surface area contributed by atoms with Crippen LogP contribution in [-0.2, 0) is 0 Å². The van der Waals surface area contributed by atoms with Crippen molar-refractivity contribution in [2.45, 2.75) is 26.3 Å². The van der Waals surface area contributed by atoms with Gasteiger partial charge in [-0.3, -0.25) is 9.78 Å². The normalized spacial score (nSPS) is 12.2. The number of amides is 1. The average molecular weight is 267 g/mol. The van der Waals surface area contributed by atoms with E-state index in [1.807, 2.05) is 20.2 Å². The fourth-order valence-electron chi connectivity index (χ4n) is 1.82. The number of nitrogens with zero attached hydrogens (tertiary/aromatic N) is 2. The minimum atomic E-state index is -0.00630. The van der Waals surface area contributed by atoms with Crippen molar-refractivity contribution >= 4 is 23.4 Å². The minimum Gasteiger partial charge on any atom is -0.397 e. The third-order valence-electron chi connectivity index (χ3n) is 3.04. The maximum atomic E-state index is 12.4. The average Bonchev–Trinajstić information content (AvgIpc) is 2.37. The summed E-state index contributed by atoms with van der Waals surface area (Å²) >= 11 is 1.75. The number of anilines is 1. The molecule has 1 unspecified atom stereocenters. The lowest BCUT2D eigenvalue weighted by Gasteiger charge is -2.27. The molecule has 1 aromatic rings. The third kappa shape index (κ3) is 3.38. The molecule has 0 aliphatic carbocycles. The molecule has 18 heavy (non-hydrogen) atoms. The van der Waals surface area contributed by atoms with Crippen LogP contribution in [0.4, 0.5) is 5.69 Å². The molecule has 2 N–H and O–H groups in total. The predicted octanol–water partition coefficient (Wildman–Crippen LogP) is 2.19. The topological polar surface area (TPSA) is 59.2 Å². The first-order chi connectivity index (χ1) is 8.51. The summed E-state index contributed by atoms with van der Waals surface area (Å²) in [5.74, 6) is 0.932. The number of thioether (sulfide) groups is 1. The molecule has 1 rings (SSSR count). The molecule has 0 saturated heterocycles. The van der Waals surface area contributed by atoms with Crippen molar-refractivity contribution in [1.82, 2.24) is 9.88 Å². The summed E-state index contributed by atoms with van der Waals surface area (Å²) in [6.07, 6.45) is 4.57. The van der Waals surface area contributed by atoms with E-state index in [1.165, 1.54) is 0 Å². The van der Waals surface area contributed by atoms with Crippen molar-refractivity contribution in [3.8, 4) is 0 Å². The monoisotopic (exact) mass is 267 g/mol. The zero-order valence-electron chi connectivity index (χ0n) is 11.4. The molecular weight excluding hydrogens is 246 g/mol. The molecule has 5 heteroatoms. The van der Waals surface area contributed by atoms with E-state index in [1.54, 1.807) is 28.9 Å². The summed E-state index contributed by atoms with van der Waals surface area (Å²) in [5, 5.41) is 0. The number of carbonyl (C=O) groups excluding carboxylic acids is 1. The van der Waals surface area contributed by atoms with E-state index in [4.69, 9.17) is 5.73 Å². The zero-order valence-corrected chi connectivity index (χ0v) is 12.3. The van der Waals surface area contributed by atoms with Crippen LogP contribution in [0.1, 0.15) is 29.4 Å². The first-order valence-electron chi connectivity index (χ1n) is 5.99. The molecule has 4 nitrogen and oxygen atoms in total. The Hall–Kier alpha value is -1.23. The second-order valence-electron chi connectivity index (χ2n) is 4.34. The van der Waals surface area contributed by atoms with Crippen LogP contribution in [0.3, 0.4) is 0 Å². The Kier molecular flexibility index (Phi) is 5.47. The molecule has 1 heterocycles. The van der Waals surface area contributed by atoms with Gasteiger partial charge in [0.25, 0.3) is 5.91 Å². The molecule has 0 saturated carbocycles. The molecule has 100 valence electrons. The van der Waals surface area contributed by atoms with Crippen LogP contribution in [-0.4, -0.2) is 40.9 Å². The third-order valence-corrected chi connectivity index (χ3v) is 3.75. The van der Waals surface area contributed by atoms with Gasteiger partial charge >= 0.3 is 0 Å². The van der Waals surface area contributed by atoms with Crippen molar-refractivity contribution in [2.75, 3.05) is 24.8 Å². The van der Waals surface area contributed by atoms with E-state index in [9.17, 15) is 4.79 Å². The van der Waals surface area contributed by atoms with Crippen LogP contribution in [0, 0.1) is 6.92 Å². The molecule has 0 fully saturated rings. The van der Waals surface area contributed by atoms with Gasteiger partial charge in [0.2, 0.25) is 0 Å². The van der Waals surface area contributed by atoms with Crippen LogP contribution in [0.2, 0.25) is 0 Å². The number of aromatic nitrogens is 1. The molecule has 0 aliphatic heterocycles. The Morgan fingerprint density at radius 1 is 1.61 bits per heavy atom. The Labute approximate surface area is 113 Å². The largest absolute Gasteiger partial charge is 0.397 e. The number of nitrogen functional groups attached to an aromatic ring is 1. The van der Waals surface area contributed by atoms with Crippen LogP contribution in [0.15, 0.2) is 12.3 Å². The summed E-state index contributed by atoms with van der Waals surface area (Å²) in [4.78, 5) is 18.3. The number of carbonyl (C=O) groups is 1. The van der Waals surface area contributed by atoms with Gasteiger partial charge in [0, 0.05) is 18.8 Å². The van der Waals surface area contributed by atoms with E-state index in [0.717, 1.165) is 17.9 Å². The van der Waals surface area contributed by atoms with Gasteiger partial charge in [0.15, 0.2) is 0 Å². The molecular formula is C13H21N3OS. The van der Waals surface area contributed by atoms with Crippen LogP contribution in [0.5, 0.6) is 0 Å². The molecule has 0 radical (unpaired) electrons. The molecule has 1 aromatic heterocycles. The second-order valence-corrected chi connectivity index (χ2v) is 5.25. The van der Waals surface area contributed by atoms with Crippen molar-refractivity contribution in [1.29, 1.82) is 0 Å². The summed E-state index contributed by atoms with van der Waals surface area (Å²) in [5.41, 5.74) is 7.54. The molecule has 0 aromatic carbocycles. The van der Waals surface area contributed by atoms with E-state index < -0.39 is 0 Å². The number of rotatable bonds is 5. The quantitative estimate of drug-likeness (QED) is 0.888. The first-order valence-corrected chi connectivity index (χ1v) is 7.38. The smallest absolute Gasteiger partial charge is 0.255 e. The van der Waals surface area contributed by atoms with E-state index in [0.29, 0.717) is 11.3 Å². The van der Waals surface area contributed by atoms with E-state index in [2.05, 4.69) is 11.9 Å². The number of hydrogen-bond donors (Lipinski definition) is 1. The lowest BCUT2D eigenvalue weighted by atomic mass is 10.1. The van der Waals surface area contributed by atoms with Crippen molar-refractivity contribution in [3.63, 3.8) is 0 Å². The van der Waals surface area contributed by atoms with Crippen LogP contribution >= 0.6 is 11.8 Å². The Balaban J connectivity index is 2.95. The summed E-state index contributed by atoms with van der Waals surface area (Å²) in [6.45, 7) is 3.92. The molecule has 1 amide bonds. The van der Waals surface area contributed by atoms with Crippen molar-refractivity contribution in [2.24, 2.45) is 0 Å². The molecule has 1 atom stereocenters. The first kappa shape index (κ1) is 14.8. The van der Waals surface area contributed by atoms with Gasteiger partial charge < -0.3 is 10.6 Å². The highest BCUT2D eigenvalue weighted by Gasteiger charge is 2.21. The van der Waals surface area contributed by atoms with Crippen LogP contribution < -0.4 is 5.73 Å². The summed E-state index contributed by atoms with van der Waals surface area (Å²) in [7, 11) is 1.84. The van der Waals surface area contributed by atoms with Crippen molar-refractivity contribution in [3.05, 3.63) is 23.5 Å². The van der Waals surface area contributed by atoms with E-state index >= 15 is 0 Å². The number of aryl methyl sites for hydroxylation is 1. The maximum Gasteiger partial charge on any atom is 0.255 e. The van der Waals surface area contributed by atoms with Crippen molar-refractivity contribution < 1.29 is 4.79 Å². The highest BCUT2D eigenvalue weighted by atomic mass is 32.2. The SMILES string of the molecule is CCC(CSC)N(C)C(=O)c1cc(N)cnc1C. The Morgan fingerprint density at radius 3 is 2.83 bits per heavy atom. The van der Waals surface area contributed by atoms with Crippen LogP contribution in [0.25, 0.3) is 0 Å². The van der Waals surface area contributed by atoms with Gasteiger partial charge in [-0.2, -0.15) is 11.8 Å². The van der Waals surface area contributed by atoms with Gasteiger partial charge in [-0.15, -0.1) is 0 Å². The highest BCUT2D eigenvalue weighted by molar-refractivity contribution is 7.98. The molecule has 0 spiro atoms. The molecule has 0 bridgehead atoms. The second kappa shape index (κ2) is 6.64. The Morgan fingerprint density at radius 2 is 2.28 bits per heavy atom. The fourth-order valence-corrected chi connectivity index (χ4v) is 2.66. The number of hydrogen-bond acceptors (Lipinski definition) is 4. The highest BCUT2D eigenvalue weighted by Crippen LogP contribution is 2.16.